The molecule has 2 aromatic carbocycles. The average Bonchev–Trinajstić information content (AvgIpc) is 2.56. The molecule has 2 N–H and O–H groups in total. The van der Waals surface area contributed by atoms with Crippen molar-refractivity contribution in [2.45, 2.75) is 25.7 Å². The summed E-state index contributed by atoms with van der Waals surface area (Å²) in [6, 6.07) is 10.5. The van der Waals surface area contributed by atoms with Crippen molar-refractivity contribution in [2.75, 3.05) is 7.05 Å². The number of halogens is 3. The van der Waals surface area contributed by atoms with Crippen LogP contribution in [0.15, 0.2) is 48.5 Å². The van der Waals surface area contributed by atoms with E-state index in [1.807, 2.05) is 0 Å². The van der Waals surface area contributed by atoms with Crippen molar-refractivity contribution in [2.24, 2.45) is 0 Å². The fraction of sp³-hybridized carbons (Fsp3) is 0.278. The number of phenols is 1. The van der Waals surface area contributed by atoms with E-state index < -0.39 is 23.8 Å². The van der Waals surface area contributed by atoms with Gasteiger partial charge in [-0.25, -0.2) is 4.79 Å². The third kappa shape index (κ3) is 4.89. The lowest BCUT2D eigenvalue weighted by Crippen LogP contribution is -2.38. The van der Waals surface area contributed by atoms with Gasteiger partial charge in [-0.1, -0.05) is 30.3 Å². The molecule has 0 aliphatic rings. The van der Waals surface area contributed by atoms with Gasteiger partial charge in [-0.05, 0) is 30.7 Å². The highest BCUT2D eigenvalue weighted by Gasteiger charge is 2.30. The van der Waals surface area contributed by atoms with E-state index in [2.05, 4.69) is 5.32 Å². The summed E-state index contributed by atoms with van der Waals surface area (Å²) in [4.78, 5) is 13.6. The number of nitrogens with one attached hydrogen (secondary N) is 1. The Balaban J connectivity index is 1.98. The van der Waals surface area contributed by atoms with Crippen LogP contribution in [0.5, 0.6) is 5.75 Å². The van der Waals surface area contributed by atoms with Gasteiger partial charge in [0.2, 0.25) is 0 Å². The first-order valence-corrected chi connectivity index (χ1v) is 7.64. The van der Waals surface area contributed by atoms with Crippen molar-refractivity contribution in [3.05, 3.63) is 65.2 Å². The first-order valence-electron chi connectivity index (χ1n) is 7.64. The van der Waals surface area contributed by atoms with Crippen LogP contribution in [0.3, 0.4) is 0 Å². The van der Waals surface area contributed by atoms with E-state index in [4.69, 9.17) is 0 Å². The molecule has 0 fully saturated rings. The molecule has 0 heterocycles. The standard InChI is InChI=1S/C18H19F3N2O2/c1-12(13-7-9-15(10-8-13)18(19,20)21)22-17(25)23(2)11-14-5-3-4-6-16(14)24/h3-10,12,24H,11H2,1-2H3,(H,22,25). The van der Waals surface area contributed by atoms with Crippen molar-refractivity contribution in [3.8, 4) is 5.75 Å². The van der Waals surface area contributed by atoms with Crippen molar-refractivity contribution >= 4 is 6.03 Å². The van der Waals surface area contributed by atoms with E-state index in [0.717, 1.165) is 12.1 Å². The smallest absolute Gasteiger partial charge is 0.416 e. The molecule has 134 valence electrons. The molecule has 2 rings (SSSR count). The molecule has 0 aliphatic heterocycles. The van der Waals surface area contributed by atoms with E-state index in [0.29, 0.717) is 11.1 Å². The molecule has 2 aromatic rings. The van der Waals surface area contributed by atoms with E-state index >= 15 is 0 Å². The zero-order valence-electron chi connectivity index (χ0n) is 13.8. The number of alkyl halides is 3. The summed E-state index contributed by atoms with van der Waals surface area (Å²) in [5, 5.41) is 12.5. The molecule has 2 amide bonds. The first-order chi connectivity index (χ1) is 11.7. The predicted octanol–water partition coefficient (Wildman–Crippen LogP) is 4.31. The van der Waals surface area contributed by atoms with Crippen LogP contribution in [-0.2, 0) is 12.7 Å². The summed E-state index contributed by atoms with van der Waals surface area (Å²) in [5.74, 6) is 0.0953. The Labute approximate surface area is 143 Å². The number of hydrogen-bond donors (Lipinski definition) is 2. The number of carbonyl (C=O) groups is 1. The minimum atomic E-state index is -4.39. The van der Waals surface area contributed by atoms with Crippen LogP contribution < -0.4 is 5.32 Å². The molecule has 0 spiro atoms. The van der Waals surface area contributed by atoms with Crippen LogP contribution >= 0.6 is 0 Å². The number of hydrogen-bond acceptors (Lipinski definition) is 2. The van der Waals surface area contributed by atoms with E-state index in [9.17, 15) is 23.1 Å². The molecule has 4 nitrogen and oxygen atoms in total. The van der Waals surface area contributed by atoms with Gasteiger partial charge in [0.15, 0.2) is 0 Å². The third-order valence-electron chi connectivity index (χ3n) is 3.82. The molecule has 0 saturated carbocycles. The van der Waals surface area contributed by atoms with Gasteiger partial charge >= 0.3 is 12.2 Å². The highest BCUT2D eigenvalue weighted by atomic mass is 19.4. The summed E-state index contributed by atoms with van der Waals surface area (Å²) < 4.78 is 37.7. The molecule has 25 heavy (non-hydrogen) atoms. The van der Waals surface area contributed by atoms with Crippen molar-refractivity contribution in [1.29, 1.82) is 0 Å². The molecule has 0 aromatic heterocycles. The summed E-state index contributed by atoms with van der Waals surface area (Å²) in [5.41, 5.74) is 0.436. The average molecular weight is 352 g/mol. The Morgan fingerprint density at radius 1 is 1.16 bits per heavy atom. The fourth-order valence-corrected chi connectivity index (χ4v) is 2.31. The maximum atomic E-state index is 12.6. The number of urea groups is 1. The Morgan fingerprint density at radius 3 is 2.32 bits per heavy atom. The molecule has 1 atom stereocenters. The van der Waals surface area contributed by atoms with Gasteiger partial charge in [-0.2, -0.15) is 13.2 Å². The van der Waals surface area contributed by atoms with Crippen molar-refractivity contribution < 1.29 is 23.1 Å². The summed E-state index contributed by atoms with van der Waals surface area (Å²) in [7, 11) is 1.57. The number of aromatic hydroxyl groups is 1. The maximum Gasteiger partial charge on any atom is 0.416 e. The minimum absolute atomic E-state index is 0.0953. The Bertz CT molecular complexity index is 730. The monoisotopic (exact) mass is 352 g/mol. The van der Waals surface area contributed by atoms with E-state index in [1.54, 1.807) is 32.2 Å². The first kappa shape index (κ1) is 18.6. The summed E-state index contributed by atoms with van der Waals surface area (Å²) in [6.45, 7) is 1.90. The van der Waals surface area contributed by atoms with Crippen molar-refractivity contribution in [1.82, 2.24) is 10.2 Å². The molecule has 0 saturated heterocycles. The Hall–Kier alpha value is -2.70. The van der Waals surface area contributed by atoms with Gasteiger partial charge in [0.1, 0.15) is 5.75 Å². The van der Waals surface area contributed by atoms with Gasteiger partial charge in [0.05, 0.1) is 18.2 Å². The minimum Gasteiger partial charge on any atom is -0.508 e. The molecule has 1 unspecified atom stereocenters. The Kier molecular flexibility index (Phi) is 5.56. The van der Waals surface area contributed by atoms with Crippen LogP contribution in [0.4, 0.5) is 18.0 Å². The highest BCUT2D eigenvalue weighted by Crippen LogP contribution is 2.29. The number of carbonyl (C=O) groups excluding carboxylic acids is 1. The number of phenolic OH excluding ortho intramolecular Hbond substituents is 1. The fourth-order valence-electron chi connectivity index (χ4n) is 2.31. The second kappa shape index (κ2) is 7.46. The van der Waals surface area contributed by atoms with Crippen LogP contribution in [-0.4, -0.2) is 23.1 Å². The van der Waals surface area contributed by atoms with Gasteiger partial charge in [0.25, 0.3) is 0 Å². The van der Waals surface area contributed by atoms with Gasteiger partial charge in [-0.15, -0.1) is 0 Å². The van der Waals surface area contributed by atoms with Crippen LogP contribution in [0.25, 0.3) is 0 Å². The predicted molar refractivity (Wildman–Crippen MR) is 88.0 cm³/mol. The molecule has 0 radical (unpaired) electrons. The lowest BCUT2D eigenvalue weighted by atomic mass is 10.1. The maximum absolute atomic E-state index is 12.6. The second-order valence-electron chi connectivity index (χ2n) is 5.78. The van der Waals surface area contributed by atoms with Crippen LogP contribution in [0.1, 0.15) is 29.7 Å². The molecular weight excluding hydrogens is 333 g/mol. The number of amides is 2. The quantitative estimate of drug-likeness (QED) is 0.861. The van der Waals surface area contributed by atoms with Gasteiger partial charge in [0, 0.05) is 12.6 Å². The second-order valence-corrected chi connectivity index (χ2v) is 5.78. The molecule has 0 bridgehead atoms. The third-order valence-corrected chi connectivity index (χ3v) is 3.82. The molecular formula is C18H19F3N2O2. The van der Waals surface area contributed by atoms with Gasteiger partial charge in [-0.3, -0.25) is 0 Å². The number of rotatable bonds is 4. The largest absolute Gasteiger partial charge is 0.508 e. The number of nitrogens with zero attached hydrogens (tertiary/aromatic N) is 1. The SMILES string of the molecule is CC(NC(=O)N(C)Cc1ccccc1O)c1ccc(C(F)(F)F)cc1. The highest BCUT2D eigenvalue weighted by molar-refractivity contribution is 5.74. The van der Waals surface area contributed by atoms with Crippen LogP contribution in [0.2, 0.25) is 0 Å². The number of benzene rings is 2. The van der Waals surface area contributed by atoms with Crippen LogP contribution in [0, 0.1) is 0 Å². The van der Waals surface area contributed by atoms with Crippen molar-refractivity contribution in [3.63, 3.8) is 0 Å². The lowest BCUT2D eigenvalue weighted by molar-refractivity contribution is -0.137. The molecule has 0 aliphatic carbocycles. The zero-order chi connectivity index (χ0) is 18.6. The zero-order valence-corrected chi connectivity index (χ0v) is 13.8. The number of para-hydroxylation sites is 1. The summed E-state index contributed by atoms with van der Waals surface area (Å²) >= 11 is 0. The molecule has 7 heteroatoms. The Morgan fingerprint density at radius 2 is 1.76 bits per heavy atom. The van der Waals surface area contributed by atoms with E-state index in [1.165, 1.54) is 23.1 Å². The topological polar surface area (TPSA) is 52.6 Å². The normalized spacial score (nSPS) is 12.5. The lowest BCUT2D eigenvalue weighted by Gasteiger charge is -2.22. The van der Waals surface area contributed by atoms with Gasteiger partial charge < -0.3 is 15.3 Å². The van der Waals surface area contributed by atoms with E-state index in [-0.39, 0.29) is 12.3 Å². The summed E-state index contributed by atoms with van der Waals surface area (Å²) in [6.07, 6.45) is -4.39.